The first-order valence-electron chi connectivity index (χ1n) is 26.2. The van der Waals surface area contributed by atoms with E-state index in [0.717, 1.165) is 34.1 Å². The van der Waals surface area contributed by atoms with E-state index in [4.69, 9.17) is 0 Å². The van der Waals surface area contributed by atoms with Gasteiger partial charge < -0.3 is 9.80 Å². The summed E-state index contributed by atoms with van der Waals surface area (Å²) in [5, 5.41) is 0. The van der Waals surface area contributed by atoms with Crippen LogP contribution in [-0.4, -0.2) is 9.97 Å². The number of rotatable bonds is 10. The van der Waals surface area contributed by atoms with Gasteiger partial charge in [-0.15, -0.1) is 0 Å². The molecule has 2 heterocycles. The van der Waals surface area contributed by atoms with Crippen LogP contribution in [-0.2, 0) is 16.2 Å². The van der Waals surface area contributed by atoms with Gasteiger partial charge in [-0.3, -0.25) is 9.97 Å². The average molecular weight is 967 g/mol. The second kappa shape index (κ2) is 17.7. The maximum absolute atomic E-state index is 4.30. The van der Waals surface area contributed by atoms with Gasteiger partial charge in [-0.1, -0.05) is 187 Å². The molecule has 0 unspecified atom stereocenters. The largest absolute Gasteiger partial charge is 0.310 e. The molecule has 0 fully saturated rings. The predicted octanol–water partition coefficient (Wildman–Crippen LogP) is 18.7. The molecule has 75 heavy (non-hydrogen) atoms. The van der Waals surface area contributed by atoms with E-state index in [1.807, 2.05) is 24.8 Å². The van der Waals surface area contributed by atoms with Gasteiger partial charge in [-0.2, -0.15) is 0 Å². The minimum absolute atomic E-state index is 0.149. The summed E-state index contributed by atoms with van der Waals surface area (Å²) in [6, 6.07) is 71.4. The summed E-state index contributed by atoms with van der Waals surface area (Å²) >= 11 is 0. The Kier molecular flexibility index (Phi) is 10.8. The molecule has 10 aromatic rings. The highest BCUT2D eigenvalue weighted by Gasteiger charge is 2.39. The van der Waals surface area contributed by atoms with Gasteiger partial charge in [0.1, 0.15) is 0 Å². The molecule has 3 aliphatic carbocycles. The molecule has 362 valence electrons. The number of para-hydroxylation sites is 2. The van der Waals surface area contributed by atoms with Crippen LogP contribution in [0.2, 0.25) is 0 Å². The highest BCUT2D eigenvalue weighted by molar-refractivity contribution is 5.90. The van der Waals surface area contributed by atoms with Crippen LogP contribution >= 0.6 is 0 Å². The lowest BCUT2D eigenvalue weighted by molar-refractivity contribution is 0.660. The summed E-state index contributed by atoms with van der Waals surface area (Å²) < 4.78 is 0. The van der Waals surface area contributed by atoms with E-state index in [2.05, 4.69) is 280 Å². The number of hydrogen-bond donors (Lipinski definition) is 0. The Morgan fingerprint density at radius 2 is 0.520 bits per heavy atom. The van der Waals surface area contributed by atoms with E-state index in [1.54, 1.807) is 0 Å². The molecule has 8 aromatic carbocycles. The van der Waals surface area contributed by atoms with Crippen molar-refractivity contribution in [2.24, 2.45) is 0 Å². The van der Waals surface area contributed by atoms with E-state index in [-0.39, 0.29) is 16.2 Å². The Morgan fingerprint density at radius 1 is 0.267 bits per heavy atom. The van der Waals surface area contributed by atoms with Crippen LogP contribution in [0.25, 0.3) is 57.7 Å². The number of hydrogen-bond acceptors (Lipinski definition) is 4. The van der Waals surface area contributed by atoms with Crippen molar-refractivity contribution in [3.05, 3.63) is 275 Å². The lowest BCUT2D eigenvalue weighted by Crippen LogP contribution is -2.16. The van der Waals surface area contributed by atoms with Gasteiger partial charge in [0, 0.05) is 75.2 Å². The maximum Gasteiger partial charge on any atom is 0.0492 e. The van der Waals surface area contributed by atoms with Gasteiger partial charge in [0.25, 0.3) is 0 Å². The smallest absolute Gasteiger partial charge is 0.0492 e. The quantitative estimate of drug-likeness (QED) is 0.128. The fourth-order valence-electron chi connectivity index (χ4n) is 12.4. The minimum Gasteiger partial charge on any atom is -0.310 e. The molecule has 0 radical (unpaired) electrons. The van der Waals surface area contributed by atoms with E-state index in [0.29, 0.717) is 0 Å². The fraction of sp³-hybridized carbons (Fsp3) is 0.127. The zero-order chi connectivity index (χ0) is 51.1. The Morgan fingerprint density at radius 3 is 0.813 bits per heavy atom. The number of nitrogens with zero attached hydrogens (tertiary/aromatic N) is 4. The molecule has 0 N–H and O–H groups in total. The molecule has 3 aliphatic rings. The molecule has 13 rings (SSSR count). The molecule has 0 bridgehead atoms. The molecule has 2 aromatic heterocycles. The van der Waals surface area contributed by atoms with Gasteiger partial charge >= 0.3 is 0 Å². The van der Waals surface area contributed by atoms with Crippen LogP contribution in [0.15, 0.2) is 219 Å². The molecule has 0 aliphatic heterocycles. The fourth-order valence-corrected chi connectivity index (χ4v) is 12.4. The van der Waals surface area contributed by atoms with Crippen molar-refractivity contribution in [1.82, 2.24) is 9.97 Å². The summed E-state index contributed by atoms with van der Waals surface area (Å²) in [6.45, 7) is 14.2. The first-order valence-corrected chi connectivity index (χ1v) is 26.2. The summed E-state index contributed by atoms with van der Waals surface area (Å²) in [5.41, 5.74) is 27.0. The van der Waals surface area contributed by atoms with Gasteiger partial charge in [-0.25, -0.2) is 0 Å². The molecular weight excluding hydrogens is 909 g/mol. The summed E-state index contributed by atoms with van der Waals surface area (Å²) in [5.74, 6) is 0. The van der Waals surface area contributed by atoms with Crippen molar-refractivity contribution in [3.63, 3.8) is 0 Å². The first-order chi connectivity index (χ1) is 36.4. The Bertz CT molecular complexity index is 3570. The molecule has 0 spiro atoms. The molecule has 0 atom stereocenters. The third kappa shape index (κ3) is 7.74. The van der Waals surface area contributed by atoms with Crippen LogP contribution in [0, 0.1) is 0 Å². The minimum atomic E-state index is -0.174. The molecule has 0 saturated carbocycles. The Labute approximate surface area is 441 Å². The topological polar surface area (TPSA) is 32.3 Å². The SMILES string of the molecule is CC1(C)c2cc(/C=C/c3ccc4c(c3)C(C)(C)c3cc(N(c5ccccc5)c5ccncc5)ccc3-4)ccc2-c2ccc(/C=C/c3ccc4c(c3)C(C)(C)c3cc(N(c5ccccc5)c5ccncc5)ccc3-4)cc21. The van der Waals surface area contributed by atoms with Crippen LogP contribution < -0.4 is 9.80 Å². The zero-order valence-electron chi connectivity index (χ0n) is 43.4. The van der Waals surface area contributed by atoms with Crippen LogP contribution in [0.4, 0.5) is 34.1 Å². The summed E-state index contributed by atoms with van der Waals surface area (Å²) in [4.78, 5) is 13.2. The van der Waals surface area contributed by atoms with Crippen molar-refractivity contribution in [1.29, 1.82) is 0 Å². The van der Waals surface area contributed by atoms with E-state index < -0.39 is 0 Å². The van der Waals surface area contributed by atoms with Crippen molar-refractivity contribution in [2.75, 3.05) is 9.80 Å². The Hall–Kier alpha value is -8.86. The third-order valence-corrected chi connectivity index (χ3v) is 16.4. The van der Waals surface area contributed by atoms with Crippen molar-refractivity contribution < 1.29 is 0 Å². The third-order valence-electron chi connectivity index (χ3n) is 16.4. The van der Waals surface area contributed by atoms with Crippen molar-refractivity contribution in [2.45, 2.75) is 57.8 Å². The lowest BCUT2D eigenvalue weighted by atomic mass is 9.81. The number of aromatic nitrogens is 2. The van der Waals surface area contributed by atoms with Gasteiger partial charge in [0.15, 0.2) is 0 Å². The number of pyridine rings is 2. The molecular formula is C71H58N4. The second-order valence-corrected chi connectivity index (χ2v) is 22.0. The summed E-state index contributed by atoms with van der Waals surface area (Å²) in [7, 11) is 0. The zero-order valence-corrected chi connectivity index (χ0v) is 43.4. The van der Waals surface area contributed by atoms with Crippen molar-refractivity contribution in [3.8, 4) is 33.4 Å². The van der Waals surface area contributed by atoms with Gasteiger partial charge in [0.2, 0.25) is 0 Å². The van der Waals surface area contributed by atoms with Crippen LogP contribution in [0.5, 0.6) is 0 Å². The van der Waals surface area contributed by atoms with Gasteiger partial charge in [-0.05, 0) is 162 Å². The van der Waals surface area contributed by atoms with E-state index in [9.17, 15) is 0 Å². The normalized spacial score (nSPS) is 14.7. The highest BCUT2D eigenvalue weighted by atomic mass is 15.1. The van der Waals surface area contributed by atoms with Crippen molar-refractivity contribution >= 4 is 58.4 Å². The summed E-state index contributed by atoms with van der Waals surface area (Å²) in [6.07, 6.45) is 16.6. The number of benzene rings is 8. The molecule has 4 nitrogen and oxygen atoms in total. The number of fused-ring (bicyclic) bond motifs is 9. The molecule has 0 saturated heterocycles. The molecule has 4 heteroatoms. The lowest BCUT2D eigenvalue weighted by Gasteiger charge is -2.28. The second-order valence-electron chi connectivity index (χ2n) is 22.0. The standard InChI is InChI=1S/C71H58N4/c1-69(2)63-41-47(17-19-49-23-29-59-61-31-25-55(45-67(61)70(3,4)65(59)43-49)74(51-13-9-7-10-14-51)53-33-37-72-38-34-53)21-27-57(63)58-28-22-48(42-64(58)69)18-20-50-24-30-60-62-32-26-56(46-68(62)71(5,6)66(60)44-50)75(52-15-11-8-12-16-52)54-35-39-73-40-36-54/h7-46H,1-6H3/b19-17+,20-18+. The van der Waals surface area contributed by atoms with Gasteiger partial charge in [0.05, 0.1) is 0 Å². The maximum atomic E-state index is 4.30. The Balaban J connectivity index is 0.731. The van der Waals surface area contributed by atoms with E-state index in [1.165, 1.54) is 89.0 Å². The van der Waals surface area contributed by atoms with Crippen LogP contribution in [0.3, 0.4) is 0 Å². The van der Waals surface area contributed by atoms with Crippen LogP contribution in [0.1, 0.15) is 97.2 Å². The highest BCUT2D eigenvalue weighted by Crippen LogP contribution is 2.54. The first kappa shape index (κ1) is 46.0. The van der Waals surface area contributed by atoms with E-state index >= 15 is 0 Å². The predicted molar refractivity (Wildman–Crippen MR) is 315 cm³/mol. The molecule has 0 amide bonds. The number of anilines is 6. The monoisotopic (exact) mass is 966 g/mol. The average Bonchev–Trinajstić information content (AvgIpc) is 4.05.